The van der Waals surface area contributed by atoms with Crippen molar-refractivity contribution < 1.29 is 18.9 Å². The summed E-state index contributed by atoms with van der Waals surface area (Å²) in [6.45, 7) is 5.72. The van der Waals surface area contributed by atoms with Gasteiger partial charge in [-0.1, -0.05) is 29.8 Å². The number of rotatable bonds is 7. The zero-order chi connectivity index (χ0) is 19.9. The highest BCUT2D eigenvalue weighted by atomic mass is 16.6. The molecule has 28 heavy (non-hydrogen) atoms. The quantitative estimate of drug-likeness (QED) is 0.447. The highest BCUT2D eigenvalue weighted by Crippen LogP contribution is 2.18. The summed E-state index contributed by atoms with van der Waals surface area (Å²) in [4.78, 5) is 24.7. The third-order valence-electron chi connectivity index (χ3n) is 4.53. The summed E-state index contributed by atoms with van der Waals surface area (Å²) in [6, 6.07) is 10.6. The number of amides is 1. The molecule has 1 fully saturated rings. The molecule has 1 aromatic carbocycles. The Morgan fingerprint density at radius 2 is 1.96 bits per heavy atom. The molecule has 0 radical (unpaired) electrons. The Hall–Kier alpha value is -2.97. The molecule has 1 N–H and O–H groups in total. The van der Waals surface area contributed by atoms with Crippen molar-refractivity contribution in [2.75, 3.05) is 32.8 Å². The van der Waals surface area contributed by atoms with Crippen LogP contribution in [0.3, 0.4) is 0 Å². The molecule has 8 heteroatoms. The van der Waals surface area contributed by atoms with Crippen molar-refractivity contribution in [1.29, 1.82) is 0 Å². The van der Waals surface area contributed by atoms with Crippen LogP contribution in [-0.2, 0) is 9.53 Å². The van der Waals surface area contributed by atoms with Crippen LogP contribution in [0.25, 0.3) is 6.08 Å². The minimum Gasteiger partial charge on any atom is -0.401 e. The van der Waals surface area contributed by atoms with E-state index in [4.69, 9.17) is 9.15 Å². The molecule has 0 saturated carbocycles. The van der Waals surface area contributed by atoms with Crippen LogP contribution in [0.1, 0.15) is 22.9 Å². The summed E-state index contributed by atoms with van der Waals surface area (Å²) in [5.74, 6) is -0.398. The van der Waals surface area contributed by atoms with Gasteiger partial charge < -0.3 is 14.5 Å². The Balaban J connectivity index is 1.68. The second-order valence-electron chi connectivity index (χ2n) is 6.65. The predicted molar refractivity (Wildman–Crippen MR) is 104 cm³/mol. The van der Waals surface area contributed by atoms with Gasteiger partial charge in [0.2, 0.25) is 5.91 Å². The van der Waals surface area contributed by atoms with Crippen LogP contribution in [0.15, 0.2) is 46.9 Å². The van der Waals surface area contributed by atoms with Gasteiger partial charge in [-0.15, -0.1) is 0 Å². The number of hydrogen-bond acceptors (Lipinski definition) is 6. The van der Waals surface area contributed by atoms with Gasteiger partial charge in [0, 0.05) is 25.7 Å². The molecule has 2 aromatic rings. The number of morpholine rings is 1. The van der Waals surface area contributed by atoms with Crippen LogP contribution in [0, 0.1) is 17.0 Å². The van der Waals surface area contributed by atoms with Gasteiger partial charge in [-0.2, -0.15) is 0 Å². The van der Waals surface area contributed by atoms with Gasteiger partial charge in [-0.05, 0) is 24.6 Å². The van der Waals surface area contributed by atoms with E-state index in [0.717, 1.165) is 24.2 Å². The van der Waals surface area contributed by atoms with Crippen molar-refractivity contribution in [3.8, 4) is 0 Å². The molecule has 1 saturated heterocycles. The summed E-state index contributed by atoms with van der Waals surface area (Å²) in [7, 11) is 0. The van der Waals surface area contributed by atoms with Gasteiger partial charge in [0.15, 0.2) is 0 Å². The molecule has 0 unspecified atom stereocenters. The Bertz CT molecular complexity index is 838. The van der Waals surface area contributed by atoms with E-state index in [1.807, 2.05) is 31.2 Å². The Morgan fingerprint density at radius 1 is 1.25 bits per heavy atom. The number of nitrogens with one attached hydrogen (secondary N) is 1. The topological polar surface area (TPSA) is 97.8 Å². The number of benzene rings is 1. The lowest BCUT2D eigenvalue weighted by Crippen LogP contribution is -2.42. The Kier molecular flexibility index (Phi) is 6.57. The summed E-state index contributed by atoms with van der Waals surface area (Å²) in [6.07, 6.45) is 2.74. The number of carbonyl (C=O) groups excluding carboxylic acids is 1. The largest absolute Gasteiger partial charge is 0.433 e. The van der Waals surface area contributed by atoms with E-state index in [-0.39, 0.29) is 23.6 Å². The number of nitrogens with zero attached hydrogens (tertiary/aromatic N) is 2. The van der Waals surface area contributed by atoms with Crippen molar-refractivity contribution in [1.82, 2.24) is 10.2 Å². The van der Waals surface area contributed by atoms with Gasteiger partial charge >= 0.3 is 5.88 Å². The minimum atomic E-state index is -0.618. The standard InChI is InChI=1S/C20H23N3O5/c1-15-2-4-16(5-3-15)18(14-22-10-12-27-13-11-22)21-19(24)8-6-17-7-9-20(28-17)23(25)26/h2-9,18H,10-14H2,1H3,(H,21,24)/b8-6+/t18-/m1/s1. The second-order valence-corrected chi connectivity index (χ2v) is 6.65. The van der Waals surface area contributed by atoms with E-state index in [2.05, 4.69) is 10.2 Å². The highest BCUT2D eigenvalue weighted by molar-refractivity contribution is 5.91. The number of furan rings is 1. The molecule has 2 heterocycles. The molecule has 1 aliphatic heterocycles. The summed E-state index contributed by atoms with van der Waals surface area (Å²) in [5.41, 5.74) is 2.17. The molecule has 1 atom stereocenters. The monoisotopic (exact) mass is 385 g/mol. The maximum Gasteiger partial charge on any atom is 0.433 e. The maximum absolute atomic E-state index is 12.4. The van der Waals surface area contributed by atoms with E-state index < -0.39 is 4.92 Å². The zero-order valence-corrected chi connectivity index (χ0v) is 15.7. The second kappa shape index (κ2) is 9.29. The average Bonchev–Trinajstić information content (AvgIpc) is 3.17. The van der Waals surface area contributed by atoms with E-state index in [0.29, 0.717) is 19.8 Å². The molecule has 148 valence electrons. The lowest BCUT2D eigenvalue weighted by molar-refractivity contribution is -0.402. The third-order valence-corrected chi connectivity index (χ3v) is 4.53. The van der Waals surface area contributed by atoms with E-state index in [9.17, 15) is 14.9 Å². The number of aryl methyl sites for hydroxylation is 1. The third kappa shape index (κ3) is 5.51. The first-order chi connectivity index (χ1) is 13.5. The fourth-order valence-electron chi connectivity index (χ4n) is 2.98. The van der Waals surface area contributed by atoms with E-state index >= 15 is 0 Å². The molecule has 0 bridgehead atoms. The van der Waals surface area contributed by atoms with Crippen molar-refractivity contribution >= 4 is 17.9 Å². The predicted octanol–water partition coefficient (Wildman–Crippen LogP) is 2.70. The lowest BCUT2D eigenvalue weighted by atomic mass is 10.0. The Morgan fingerprint density at radius 3 is 2.61 bits per heavy atom. The Labute approximate surface area is 162 Å². The summed E-state index contributed by atoms with van der Waals surface area (Å²) < 4.78 is 10.4. The molecular weight excluding hydrogens is 362 g/mol. The molecule has 1 aromatic heterocycles. The zero-order valence-electron chi connectivity index (χ0n) is 15.7. The van der Waals surface area contributed by atoms with Gasteiger partial charge in [0.1, 0.15) is 10.7 Å². The smallest absolute Gasteiger partial charge is 0.401 e. The maximum atomic E-state index is 12.4. The van der Waals surface area contributed by atoms with Gasteiger partial charge in [0.25, 0.3) is 0 Å². The molecule has 0 spiro atoms. The molecule has 0 aliphatic carbocycles. The van der Waals surface area contributed by atoms with E-state index in [1.165, 1.54) is 24.3 Å². The van der Waals surface area contributed by atoms with Crippen molar-refractivity contribution in [3.05, 3.63) is 69.5 Å². The van der Waals surface area contributed by atoms with Crippen LogP contribution in [-0.4, -0.2) is 48.6 Å². The normalized spacial score (nSPS) is 16.2. The SMILES string of the molecule is Cc1ccc([C@@H](CN2CCOCC2)NC(=O)/C=C/c2ccc([N+](=O)[O-])o2)cc1. The molecule has 1 amide bonds. The number of nitro groups is 1. The van der Waals surface area contributed by atoms with Crippen LogP contribution in [0.2, 0.25) is 0 Å². The summed E-state index contributed by atoms with van der Waals surface area (Å²) in [5, 5.41) is 13.7. The average molecular weight is 385 g/mol. The molecule has 3 rings (SSSR count). The molecule has 1 aliphatic rings. The van der Waals surface area contributed by atoms with Crippen LogP contribution >= 0.6 is 0 Å². The van der Waals surface area contributed by atoms with Gasteiger partial charge in [-0.3, -0.25) is 19.8 Å². The first-order valence-corrected chi connectivity index (χ1v) is 9.11. The number of hydrogen-bond donors (Lipinski definition) is 1. The fourth-order valence-corrected chi connectivity index (χ4v) is 2.98. The first-order valence-electron chi connectivity index (χ1n) is 9.11. The van der Waals surface area contributed by atoms with Crippen molar-refractivity contribution in [2.45, 2.75) is 13.0 Å². The van der Waals surface area contributed by atoms with Crippen LogP contribution < -0.4 is 5.32 Å². The van der Waals surface area contributed by atoms with Crippen LogP contribution in [0.4, 0.5) is 5.88 Å². The number of carbonyl (C=O) groups is 1. The first kappa shape index (κ1) is 19.8. The minimum absolute atomic E-state index is 0.179. The van der Waals surface area contributed by atoms with Gasteiger partial charge in [0.05, 0.1) is 25.3 Å². The fraction of sp³-hybridized carbons (Fsp3) is 0.350. The molecular formula is C20H23N3O5. The van der Waals surface area contributed by atoms with Crippen molar-refractivity contribution in [2.24, 2.45) is 0 Å². The molecule has 8 nitrogen and oxygen atoms in total. The number of ether oxygens (including phenoxy) is 1. The van der Waals surface area contributed by atoms with E-state index in [1.54, 1.807) is 0 Å². The van der Waals surface area contributed by atoms with Crippen molar-refractivity contribution in [3.63, 3.8) is 0 Å². The van der Waals surface area contributed by atoms with Gasteiger partial charge in [-0.25, -0.2) is 0 Å². The summed E-state index contributed by atoms with van der Waals surface area (Å²) >= 11 is 0. The van der Waals surface area contributed by atoms with Crippen LogP contribution in [0.5, 0.6) is 0 Å². The highest BCUT2D eigenvalue weighted by Gasteiger charge is 2.19. The lowest BCUT2D eigenvalue weighted by Gasteiger charge is -2.31.